The quantitative estimate of drug-likeness (QED) is 0.698. The van der Waals surface area contributed by atoms with E-state index in [1.165, 1.54) is 12.1 Å². The van der Waals surface area contributed by atoms with Crippen molar-refractivity contribution in [2.75, 3.05) is 0 Å². The van der Waals surface area contributed by atoms with E-state index in [1.54, 1.807) is 18.2 Å². The largest absolute Gasteiger partial charge is 0.350 e. The maximum absolute atomic E-state index is 12.9. The number of benzene rings is 2. The molecule has 21 heavy (non-hydrogen) atoms. The second-order valence-corrected chi connectivity index (χ2v) is 4.93. The minimum absolute atomic E-state index is 0.00191. The minimum atomic E-state index is -0.270. The van der Waals surface area contributed by atoms with Gasteiger partial charge < -0.3 is 4.57 Å². The van der Waals surface area contributed by atoms with Gasteiger partial charge in [-0.3, -0.25) is 4.79 Å². The van der Waals surface area contributed by atoms with Crippen LogP contribution in [0.2, 0.25) is 0 Å². The van der Waals surface area contributed by atoms with Crippen molar-refractivity contribution in [1.29, 1.82) is 0 Å². The highest BCUT2D eigenvalue weighted by molar-refractivity contribution is 5.82. The van der Waals surface area contributed by atoms with Crippen LogP contribution in [-0.2, 0) is 7.05 Å². The fraction of sp³-hybridized carbons (Fsp3) is 0.0556. The molecule has 0 aliphatic rings. The lowest BCUT2D eigenvalue weighted by Gasteiger charge is -2.06. The first kappa shape index (κ1) is 13.3. The molecule has 0 radical (unpaired) electrons. The van der Waals surface area contributed by atoms with E-state index < -0.39 is 0 Å². The SMILES string of the molecule is Cn1cc(/C=C/c2ccc(F)cc2)c(=O)c2ccccc21. The van der Waals surface area contributed by atoms with Gasteiger partial charge in [0.1, 0.15) is 5.82 Å². The number of hydrogen-bond donors (Lipinski definition) is 0. The van der Waals surface area contributed by atoms with E-state index >= 15 is 0 Å². The topological polar surface area (TPSA) is 22.0 Å². The summed E-state index contributed by atoms with van der Waals surface area (Å²) in [5, 5.41) is 0.696. The van der Waals surface area contributed by atoms with Crippen molar-refractivity contribution in [2.45, 2.75) is 0 Å². The molecule has 0 fully saturated rings. The van der Waals surface area contributed by atoms with Crippen LogP contribution in [0, 0.1) is 5.82 Å². The first-order valence-electron chi connectivity index (χ1n) is 6.67. The van der Waals surface area contributed by atoms with Gasteiger partial charge in [0, 0.05) is 24.2 Å². The molecule has 0 unspecified atom stereocenters. The molecule has 2 aromatic carbocycles. The van der Waals surface area contributed by atoms with Gasteiger partial charge in [0.2, 0.25) is 0 Å². The van der Waals surface area contributed by atoms with Crippen molar-refractivity contribution in [1.82, 2.24) is 4.57 Å². The van der Waals surface area contributed by atoms with Crippen LogP contribution in [0.1, 0.15) is 11.1 Å². The van der Waals surface area contributed by atoms with Gasteiger partial charge in [-0.2, -0.15) is 0 Å². The fourth-order valence-electron chi connectivity index (χ4n) is 2.34. The zero-order valence-corrected chi connectivity index (χ0v) is 11.6. The van der Waals surface area contributed by atoms with Gasteiger partial charge >= 0.3 is 0 Å². The summed E-state index contributed by atoms with van der Waals surface area (Å²) >= 11 is 0. The molecule has 3 rings (SSSR count). The normalized spacial score (nSPS) is 11.3. The van der Waals surface area contributed by atoms with Crippen LogP contribution in [0.5, 0.6) is 0 Å². The summed E-state index contributed by atoms with van der Waals surface area (Å²) in [7, 11) is 1.91. The predicted molar refractivity (Wildman–Crippen MR) is 84.5 cm³/mol. The molecule has 1 heterocycles. The molecule has 1 aromatic heterocycles. The van der Waals surface area contributed by atoms with E-state index in [2.05, 4.69) is 0 Å². The van der Waals surface area contributed by atoms with Crippen molar-refractivity contribution in [3.63, 3.8) is 0 Å². The number of hydrogen-bond acceptors (Lipinski definition) is 1. The summed E-state index contributed by atoms with van der Waals surface area (Å²) in [5.74, 6) is -0.270. The van der Waals surface area contributed by atoms with Crippen LogP contribution in [0.4, 0.5) is 4.39 Å². The van der Waals surface area contributed by atoms with Crippen LogP contribution in [0.3, 0.4) is 0 Å². The Balaban J connectivity index is 2.07. The molecular formula is C18H14FNO. The Labute approximate surface area is 121 Å². The van der Waals surface area contributed by atoms with E-state index in [0.717, 1.165) is 11.1 Å². The molecule has 0 amide bonds. The molecule has 0 aliphatic carbocycles. The van der Waals surface area contributed by atoms with Crippen molar-refractivity contribution in [2.24, 2.45) is 7.05 Å². The number of halogens is 1. The minimum Gasteiger partial charge on any atom is -0.350 e. The van der Waals surface area contributed by atoms with E-state index in [4.69, 9.17) is 0 Å². The maximum atomic E-state index is 12.9. The van der Waals surface area contributed by atoms with Gasteiger partial charge in [-0.1, -0.05) is 30.3 Å². The van der Waals surface area contributed by atoms with Gasteiger partial charge in [-0.25, -0.2) is 4.39 Å². The molecule has 3 aromatic rings. The van der Waals surface area contributed by atoms with Crippen LogP contribution in [0.15, 0.2) is 59.5 Å². The lowest BCUT2D eigenvalue weighted by molar-refractivity contribution is 0.628. The summed E-state index contributed by atoms with van der Waals surface area (Å²) < 4.78 is 14.8. The van der Waals surface area contributed by atoms with E-state index in [0.29, 0.717) is 10.9 Å². The number of para-hydroxylation sites is 1. The predicted octanol–water partition coefficient (Wildman–Crippen LogP) is 3.85. The van der Waals surface area contributed by atoms with Gasteiger partial charge in [-0.05, 0) is 35.9 Å². The molecule has 104 valence electrons. The number of rotatable bonds is 2. The summed E-state index contributed by atoms with van der Waals surface area (Å²) in [6, 6.07) is 13.7. The average Bonchev–Trinajstić information content (AvgIpc) is 2.51. The smallest absolute Gasteiger partial charge is 0.196 e. The fourth-order valence-corrected chi connectivity index (χ4v) is 2.34. The van der Waals surface area contributed by atoms with E-state index in [-0.39, 0.29) is 11.2 Å². The molecule has 2 nitrogen and oxygen atoms in total. The number of fused-ring (bicyclic) bond motifs is 1. The first-order valence-corrected chi connectivity index (χ1v) is 6.67. The molecule has 0 bridgehead atoms. The lowest BCUT2D eigenvalue weighted by atomic mass is 10.1. The number of pyridine rings is 1. The number of aromatic nitrogens is 1. The summed E-state index contributed by atoms with van der Waals surface area (Å²) in [6.07, 6.45) is 5.39. The summed E-state index contributed by atoms with van der Waals surface area (Å²) in [5.41, 5.74) is 2.37. The molecule has 0 spiro atoms. The highest BCUT2D eigenvalue weighted by atomic mass is 19.1. The Morgan fingerprint density at radius 2 is 1.71 bits per heavy atom. The van der Waals surface area contributed by atoms with E-state index in [1.807, 2.05) is 48.2 Å². The second kappa shape index (κ2) is 5.37. The average molecular weight is 279 g/mol. The monoisotopic (exact) mass is 279 g/mol. The van der Waals surface area contributed by atoms with Crippen LogP contribution in [-0.4, -0.2) is 4.57 Å². The Hall–Kier alpha value is -2.68. The molecule has 0 atom stereocenters. The van der Waals surface area contributed by atoms with Crippen LogP contribution < -0.4 is 5.43 Å². The van der Waals surface area contributed by atoms with Gasteiger partial charge in [-0.15, -0.1) is 0 Å². The Bertz CT molecular complexity index is 876. The summed E-state index contributed by atoms with van der Waals surface area (Å²) in [6.45, 7) is 0. The molecular weight excluding hydrogens is 265 g/mol. The Kier molecular flexibility index (Phi) is 3.40. The highest BCUT2D eigenvalue weighted by Gasteiger charge is 2.04. The van der Waals surface area contributed by atoms with E-state index in [9.17, 15) is 9.18 Å². The zero-order chi connectivity index (χ0) is 14.8. The Morgan fingerprint density at radius 1 is 1.00 bits per heavy atom. The third-order valence-electron chi connectivity index (χ3n) is 3.45. The maximum Gasteiger partial charge on any atom is 0.196 e. The van der Waals surface area contributed by atoms with Crippen molar-refractivity contribution < 1.29 is 4.39 Å². The van der Waals surface area contributed by atoms with Gasteiger partial charge in [0.25, 0.3) is 0 Å². The molecule has 3 heteroatoms. The van der Waals surface area contributed by atoms with Crippen molar-refractivity contribution in [3.8, 4) is 0 Å². The van der Waals surface area contributed by atoms with Crippen LogP contribution in [0.25, 0.3) is 23.1 Å². The lowest BCUT2D eigenvalue weighted by Crippen LogP contribution is -2.10. The highest BCUT2D eigenvalue weighted by Crippen LogP contribution is 2.12. The van der Waals surface area contributed by atoms with Gasteiger partial charge in [0.05, 0.1) is 5.52 Å². The number of aryl methyl sites for hydroxylation is 1. The molecule has 0 aliphatic heterocycles. The Morgan fingerprint density at radius 3 is 2.48 bits per heavy atom. The standard InChI is InChI=1S/C18H14FNO/c1-20-12-14(9-6-13-7-10-15(19)11-8-13)18(21)16-4-2-3-5-17(16)20/h2-12H,1H3/b9-6+. The second-order valence-electron chi connectivity index (χ2n) is 4.93. The molecule has 0 saturated heterocycles. The van der Waals surface area contributed by atoms with Crippen molar-refractivity contribution >= 4 is 23.1 Å². The number of nitrogens with zero attached hydrogens (tertiary/aromatic N) is 1. The van der Waals surface area contributed by atoms with Gasteiger partial charge in [0.15, 0.2) is 5.43 Å². The summed E-state index contributed by atoms with van der Waals surface area (Å²) in [4.78, 5) is 12.4. The molecule has 0 saturated carbocycles. The third kappa shape index (κ3) is 2.63. The van der Waals surface area contributed by atoms with Crippen molar-refractivity contribution in [3.05, 3.63) is 81.9 Å². The molecule has 0 N–H and O–H groups in total. The van der Waals surface area contributed by atoms with Crippen LogP contribution >= 0.6 is 0 Å². The zero-order valence-electron chi connectivity index (χ0n) is 11.6. The first-order chi connectivity index (χ1) is 10.1. The third-order valence-corrected chi connectivity index (χ3v) is 3.45.